The molecule has 0 spiro atoms. The van der Waals surface area contributed by atoms with Gasteiger partial charge in [0.2, 0.25) is 0 Å². The Bertz CT molecular complexity index is 604. The fourth-order valence-electron chi connectivity index (χ4n) is 2.19. The Hall–Kier alpha value is -1.68. The topological polar surface area (TPSA) is 42.0 Å². The van der Waals surface area contributed by atoms with Gasteiger partial charge in [-0.3, -0.25) is 4.79 Å². The third-order valence-corrected chi connectivity index (χ3v) is 4.09. The van der Waals surface area contributed by atoms with Gasteiger partial charge in [-0.15, -0.1) is 11.3 Å². The first-order valence-corrected chi connectivity index (χ1v) is 6.91. The zero-order valence-corrected chi connectivity index (χ0v) is 11.0. The average molecular weight is 258 g/mol. The van der Waals surface area contributed by atoms with Crippen LogP contribution in [0.1, 0.15) is 26.6 Å². The van der Waals surface area contributed by atoms with E-state index in [1.807, 2.05) is 24.4 Å². The van der Waals surface area contributed by atoms with Gasteiger partial charge in [0, 0.05) is 28.9 Å². The van der Waals surface area contributed by atoms with Crippen molar-refractivity contribution in [1.82, 2.24) is 4.98 Å². The molecule has 1 aromatic heterocycles. The molecule has 0 atom stereocenters. The van der Waals surface area contributed by atoms with Crippen LogP contribution in [0.3, 0.4) is 0 Å². The van der Waals surface area contributed by atoms with E-state index in [0.29, 0.717) is 6.42 Å². The molecule has 0 aliphatic carbocycles. The lowest BCUT2D eigenvalue weighted by Crippen LogP contribution is -2.04. The molecule has 2 aromatic rings. The van der Waals surface area contributed by atoms with Gasteiger partial charge in [-0.1, -0.05) is 12.1 Å². The largest absolute Gasteiger partial charge is 0.384 e. The van der Waals surface area contributed by atoms with E-state index in [-0.39, 0.29) is 5.78 Å². The van der Waals surface area contributed by atoms with Gasteiger partial charge in [-0.05, 0) is 25.0 Å². The van der Waals surface area contributed by atoms with E-state index in [1.165, 1.54) is 5.56 Å². The molecular formula is C14H14N2OS. The number of rotatable bonds is 3. The Balaban J connectivity index is 1.80. The summed E-state index contributed by atoms with van der Waals surface area (Å²) in [6.07, 6.45) is 1.45. The van der Waals surface area contributed by atoms with Crippen molar-refractivity contribution >= 4 is 22.8 Å². The predicted octanol–water partition coefficient (Wildman–Crippen LogP) is 2.84. The summed E-state index contributed by atoms with van der Waals surface area (Å²) in [5.74, 6) is 0.140. The molecule has 4 heteroatoms. The summed E-state index contributed by atoms with van der Waals surface area (Å²) >= 11 is 1.55. The highest BCUT2D eigenvalue weighted by atomic mass is 32.1. The number of aromatic nitrogens is 1. The maximum Gasteiger partial charge on any atom is 0.169 e. The van der Waals surface area contributed by atoms with Gasteiger partial charge in [0.05, 0.1) is 6.42 Å². The SMILES string of the molecule is Cc1csc(CC(=O)c2ccc3c(c2)NCC3)n1. The number of hydrogen-bond donors (Lipinski definition) is 1. The van der Waals surface area contributed by atoms with E-state index >= 15 is 0 Å². The summed E-state index contributed by atoms with van der Waals surface area (Å²) in [4.78, 5) is 16.5. The summed E-state index contributed by atoms with van der Waals surface area (Å²) in [5.41, 5.74) is 4.17. The fraction of sp³-hybridized carbons (Fsp3) is 0.286. The predicted molar refractivity (Wildman–Crippen MR) is 73.5 cm³/mol. The van der Waals surface area contributed by atoms with Gasteiger partial charge in [0.25, 0.3) is 0 Å². The second-order valence-electron chi connectivity index (χ2n) is 4.53. The Morgan fingerprint density at radius 2 is 2.39 bits per heavy atom. The van der Waals surface area contributed by atoms with Gasteiger partial charge in [0.15, 0.2) is 5.78 Å². The van der Waals surface area contributed by atoms with E-state index in [9.17, 15) is 4.79 Å². The van der Waals surface area contributed by atoms with Crippen molar-refractivity contribution in [3.8, 4) is 0 Å². The molecule has 1 aromatic carbocycles. The molecule has 92 valence electrons. The van der Waals surface area contributed by atoms with Crippen LogP contribution >= 0.6 is 11.3 Å². The van der Waals surface area contributed by atoms with Crippen LogP contribution in [-0.4, -0.2) is 17.3 Å². The number of nitrogens with zero attached hydrogens (tertiary/aromatic N) is 1. The highest BCUT2D eigenvalue weighted by Crippen LogP contribution is 2.24. The van der Waals surface area contributed by atoms with Gasteiger partial charge in [-0.25, -0.2) is 4.98 Å². The minimum atomic E-state index is 0.140. The van der Waals surface area contributed by atoms with Crippen LogP contribution in [0, 0.1) is 6.92 Å². The van der Waals surface area contributed by atoms with Crippen LogP contribution in [-0.2, 0) is 12.8 Å². The summed E-state index contributed by atoms with van der Waals surface area (Å²) in [6, 6.07) is 5.94. The first-order valence-electron chi connectivity index (χ1n) is 6.03. The number of hydrogen-bond acceptors (Lipinski definition) is 4. The fourth-order valence-corrected chi connectivity index (χ4v) is 2.96. The van der Waals surface area contributed by atoms with Crippen molar-refractivity contribution in [2.75, 3.05) is 11.9 Å². The first-order chi connectivity index (χ1) is 8.72. The van der Waals surface area contributed by atoms with E-state index in [2.05, 4.69) is 16.4 Å². The molecule has 1 N–H and O–H groups in total. The molecule has 18 heavy (non-hydrogen) atoms. The van der Waals surface area contributed by atoms with Crippen LogP contribution < -0.4 is 5.32 Å². The summed E-state index contributed by atoms with van der Waals surface area (Å²) in [6.45, 7) is 2.92. The second-order valence-corrected chi connectivity index (χ2v) is 5.47. The molecular weight excluding hydrogens is 244 g/mol. The number of benzene rings is 1. The molecule has 2 heterocycles. The quantitative estimate of drug-likeness (QED) is 0.861. The van der Waals surface area contributed by atoms with Crippen molar-refractivity contribution in [3.63, 3.8) is 0 Å². The number of nitrogens with one attached hydrogen (secondary N) is 1. The number of ketones is 1. The highest BCUT2D eigenvalue weighted by Gasteiger charge is 2.14. The summed E-state index contributed by atoms with van der Waals surface area (Å²) in [7, 11) is 0. The van der Waals surface area contributed by atoms with Gasteiger partial charge in [-0.2, -0.15) is 0 Å². The molecule has 0 saturated heterocycles. The van der Waals surface area contributed by atoms with Crippen molar-refractivity contribution in [1.29, 1.82) is 0 Å². The van der Waals surface area contributed by atoms with Crippen molar-refractivity contribution in [2.45, 2.75) is 19.8 Å². The van der Waals surface area contributed by atoms with Crippen LogP contribution in [0.25, 0.3) is 0 Å². The molecule has 3 rings (SSSR count). The molecule has 3 nitrogen and oxygen atoms in total. The Morgan fingerprint density at radius 3 is 3.17 bits per heavy atom. The number of carbonyl (C=O) groups excluding carboxylic acids is 1. The number of anilines is 1. The van der Waals surface area contributed by atoms with Gasteiger partial charge >= 0.3 is 0 Å². The molecule has 1 aliphatic heterocycles. The molecule has 0 amide bonds. The third kappa shape index (κ3) is 2.16. The normalized spacial score (nSPS) is 13.2. The lowest BCUT2D eigenvalue weighted by Gasteiger charge is -2.03. The van der Waals surface area contributed by atoms with Crippen LogP contribution in [0.15, 0.2) is 23.6 Å². The van der Waals surface area contributed by atoms with Gasteiger partial charge in [0.1, 0.15) is 5.01 Å². The summed E-state index contributed by atoms with van der Waals surface area (Å²) < 4.78 is 0. The number of aryl methyl sites for hydroxylation is 1. The van der Waals surface area contributed by atoms with Crippen molar-refractivity contribution in [3.05, 3.63) is 45.4 Å². The lowest BCUT2D eigenvalue weighted by molar-refractivity contribution is 0.0993. The minimum absolute atomic E-state index is 0.140. The van der Waals surface area contributed by atoms with Crippen molar-refractivity contribution < 1.29 is 4.79 Å². The molecule has 0 unspecified atom stereocenters. The molecule has 0 saturated carbocycles. The zero-order valence-electron chi connectivity index (χ0n) is 10.2. The Morgan fingerprint density at radius 1 is 1.50 bits per heavy atom. The molecule has 0 radical (unpaired) electrons. The number of thiazole rings is 1. The monoisotopic (exact) mass is 258 g/mol. The van der Waals surface area contributed by atoms with Crippen LogP contribution in [0.5, 0.6) is 0 Å². The Kier molecular flexibility index (Phi) is 2.88. The maximum atomic E-state index is 12.2. The Labute approximate surface area is 110 Å². The number of carbonyl (C=O) groups is 1. The molecule has 0 fully saturated rings. The maximum absolute atomic E-state index is 12.2. The zero-order chi connectivity index (χ0) is 12.5. The van der Waals surface area contributed by atoms with E-state index in [0.717, 1.165) is 34.9 Å². The van der Waals surface area contributed by atoms with E-state index < -0.39 is 0 Å². The van der Waals surface area contributed by atoms with Crippen LogP contribution in [0.4, 0.5) is 5.69 Å². The smallest absolute Gasteiger partial charge is 0.169 e. The lowest BCUT2D eigenvalue weighted by atomic mass is 10.0. The van der Waals surface area contributed by atoms with Crippen LogP contribution in [0.2, 0.25) is 0 Å². The van der Waals surface area contributed by atoms with Crippen molar-refractivity contribution in [2.24, 2.45) is 0 Å². The third-order valence-electron chi connectivity index (χ3n) is 3.12. The minimum Gasteiger partial charge on any atom is -0.384 e. The first kappa shape index (κ1) is 11.4. The number of Topliss-reactive ketones (excluding diaryl/α,β-unsaturated/α-hetero) is 1. The summed E-state index contributed by atoms with van der Waals surface area (Å²) in [5, 5.41) is 6.17. The van der Waals surface area contributed by atoms with E-state index in [4.69, 9.17) is 0 Å². The second kappa shape index (κ2) is 4.53. The molecule has 0 bridgehead atoms. The van der Waals surface area contributed by atoms with Gasteiger partial charge < -0.3 is 5.32 Å². The standard InChI is InChI=1S/C14H14N2OS/c1-9-8-18-14(16-9)7-13(17)11-3-2-10-4-5-15-12(10)6-11/h2-3,6,8,15H,4-5,7H2,1H3. The number of fused-ring (bicyclic) bond motifs is 1. The average Bonchev–Trinajstić information content (AvgIpc) is 2.96. The highest BCUT2D eigenvalue weighted by molar-refractivity contribution is 7.09. The van der Waals surface area contributed by atoms with E-state index in [1.54, 1.807) is 11.3 Å². The molecule has 1 aliphatic rings.